The van der Waals surface area contributed by atoms with Crippen LogP contribution in [-0.4, -0.2) is 27.4 Å². The standard InChI is InChI=1S/C10H11NO5S/c1-16-10(13)9(12)11-17(14,15)7-8-5-3-2-4-6-8/h2-6H,7H2,1H3,(H,11,12). The summed E-state index contributed by atoms with van der Waals surface area (Å²) in [5.74, 6) is -2.93. The fourth-order valence-electron chi connectivity index (χ4n) is 1.11. The number of esters is 1. The minimum Gasteiger partial charge on any atom is -0.462 e. The molecule has 0 atom stereocenters. The fraction of sp³-hybridized carbons (Fsp3) is 0.200. The molecule has 1 aromatic rings. The van der Waals surface area contributed by atoms with Crippen LogP contribution in [0.2, 0.25) is 0 Å². The first kappa shape index (κ1) is 13.2. The molecule has 17 heavy (non-hydrogen) atoms. The van der Waals surface area contributed by atoms with Crippen LogP contribution in [0.4, 0.5) is 0 Å². The molecule has 0 aliphatic heterocycles. The van der Waals surface area contributed by atoms with Crippen LogP contribution in [0.3, 0.4) is 0 Å². The Morgan fingerprint density at radius 2 is 1.82 bits per heavy atom. The van der Waals surface area contributed by atoms with E-state index in [1.807, 2.05) is 0 Å². The summed E-state index contributed by atoms with van der Waals surface area (Å²) in [5, 5.41) is 0. The zero-order valence-electron chi connectivity index (χ0n) is 9.04. The summed E-state index contributed by atoms with van der Waals surface area (Å²) in [6.45, 7) is 0. The first-order valence-electron chi connectivity index (χ1n) is 4.61. The van der Waals surface area contributed by atoms with Crippen molar-refractivity contribution in [2.45, 2.75) is 5.75 Å². The van der Waals surface area contributed by atoms with Gasteiger partial charge in [-0.05, 0) is 5.56 Å². The third kappa shape index (κ3) is 4.23. The van der Waals surface area contributed by atoms with E-state index in [1.54, 1.807) is 35.1 Å². The van der Waals surface area contributed by atoms with Crippen molar-refractivity contribution in [3.63, 3.8) is 0 Å². The first-order chi connectivity index (χ1) is 7.94. The van der Waals surface area contributed by atoms with Crippen molar-refractivity contribution in [2.75, 3.05) is 7.11 Å². The fourth-order valence-corrected chi connectivity index (χ4v) is 2.17. The Morgan fingerprint density at radius 3 is 2.35 bits per heavy atom. The topological polar surface area (TPSA) is 89.5 Å². The van der Waals surface area contributed by atoms with Gasteiger partial charge in [0.2, 0.25) is 10.0 Å². The number of hydrogen-bond acceptors (Lipinski definition) is 5. The van der Waals surface area contributed by atoms with E-state index >= 15 is 0 Å². The van der Waals surface area contributed by atoms with Gasteiger partial charge < -0.3 is 4.74 Å². The van der Waals surface area contributed by atoms with Crippen LogP contribution in [0, 0.1) is 0 Å². The van der Waals surface area contributed by atoms with Crippen LogP contribution in [0.15, 0.2) is 30.3 Å². The Bertz CT molecular complexity index is 509. The lowest BCUT2D eigenvalue weighted by atomic mass is 10.2. The van der Waals surface area contributed by atoms with Crippen molar-refractivity contribution in [1.82, 2.24) is 4.72 Å². The van der Waals surface area contributed by atoms with E-state index in [0.717, 1.165) is 7.11 Å². The molecule has 0 saturated carbocycles. The van der Waals surface area contributed by atoms with Gasteiger partial charge in [0.25, 0.3) is 0 Å². The molecule has 1 aromatic carbocycles. The lowest BCUT2D eigenvalue weighted by Crippen LogP contribution is -2.37. The van der Waals surface area contributed by atoms with Crippen LogP contribution in [0.25, 0.3) is 0 Å². The van der Waals surface area contributed by atoms with E-state index in [0.29, 0.717) is 5.56 Å². The molecular weight excluding hydrogens is 246 g/mol. The number of sulfonamides is 1. The lowest BCUT2D eigenvalue weighted by molar-refractivity contribution is -0.151. The second-order valence-corrected chi connectivity index (χ2v) is 4.89. The number of methoxy groups -OCH3 is 1. The van der Waals surface area contributed by atoms with Gasteiger partial charge in [0.1, 0.15) is 0 Å². The van der Waals surface area contributed by atoms with E-state index in [9.17, 15) is 18.0 Å². The summed E-state index contributed by atoms with van der Waals surface area (Å²) >= 11 is 0. The zero-order chi connectivity index (χ0) is 12.9. The van der Waals surface area contributed by atoms with Gasteiger partial charge in [-0.25, -0.2) is 17.9 Å². The highest BCUT2D eigenvalue weighted by Crippen LogP contribution is 2.03. The Hall–Kier alpha value is -1.89. The van der Waals surface area contributed by atoms with E-state index < -0.39 is 21.9 Å². The van der Waals surface area contributed by atoms with Gasteiger partial charge in [-0.1, -0.05) is 30.3 Å². The van der Waals surface area contributed by atoms with Crippen molar-refractivity contribution >= 4 is 21.9 Å². The van der Waals surface area contributed by atoms with E-state index in [-0.39, 0.29) is 5.75 Å². The van der Waals surface area contributed by atoms with Crippen molar-refractivity contribution in [1.29, 1.82) is 0 Å². The van der Waals surface area contributed by atoms with Gasteiger partial charge in [0.15, 0.2) is 0 Å². The van der Waals surface area contributed by atoms with Crippen molar-refractivity contribution in [3.05, 3.63) is 35.9 Å². The van der Waals surface area contributed by atoms with Gasteiger partial charge in [-0.3, -0.25) is 4.79 Å². The molecule has 1 N–H and O–H groups in total. The Balaban J connectivity index is 2.71. The SMILES string of the molecule is COC(=O)C(=O)NS(=O)(=O)Cc1ccccc1. The number of hydrogen-bond donors (Lipinski definition) is 1. The number of carbonyl (C=O) groups is 2. The summed E-state index contributed by atoms with van der Waals surface area (Å²) in [4.78, 5) is 21.8. The van der Waals surface area contributed by atoms with Crippen LogP contribution < -0.4 is 4.72 Å². The number of rotatable bonds is 3. The third-order valence-electron chi connectivity index (χ3n) is 1.82. The van der Waals surface area contributed by atoms with Gasteiger partial charge in [0.05, 0.1) is 12.9 Å². The lowest BCUT2D eigenvalue weighted by Gasteiger charge is -2.05. The van der Waals surface area contributed by atoms with Crippen molar-refractivity contribution < 1.29 is 22.7 Å². The van der Waals surface area contributed by atoms with E-state index in [4.69, 9.17) is 0 Å². The molecule has 0 aliphatic carbocycles. The van der Waals surface area contributed by atoms with Gasteiger partial charge >= 0.3 is 11.9 Å². The summed E-state index contributed by atoms with van der Waals surface area (Å²) < 4.78 is 28.7. The quantitative estimate of drug-likeness (QED) is 0.598. The molecule has 7 heteroatoms. The van der Waals surface area contributed by atoms with Gasteiger partial charge in [-0.15, -0.1) is 0 Å². The molecular formula is C10H11NO5S. The van der Waals surface area contributed by atoms with E-state index in [1.165, 1.54) is 0 Å². The Labute approximate surface area is 98.6 Å². The molecule has 92 valence electrons. The number of nitrogens with one attached hydrogen (secondary N) is 1. The zero-order valence-corrected chi connectivity index (χ0v) is 9.86. The molecule has 6 nitrogen and oxygen atoms in total. The maximum atomic E-state index is 11.5. The highest BCUT2D eigenvalue weighted by atomic mass is 32.2. The average Bonchev–Trinajstić information content (AvgIpc) is 2.27. The maximum Gasteiger partial charge on any atom is 0.397 e. The molecule has 0 aromatic heterocycles. The van der Waals surface area contributed by atoms with Crippen LogP contribution in [-0.2, 0) is 30.1 Å². The molecule has 1 amide bonds. The Kier molecular flexibility index (Phi) is 4.22. The molecule has 0 unspecified atom stereocenters. The maximum absolute atomic E-state index is 11.5. The summed E-state index contributed by atoms with van der Waals surface area (Å²) in [7, 11) is -2.90. The Morgan fingerprint density at radius 1 is 1.24 bits per heavy atom. The number of ether oxygens (including phenoxy) is 1. The summed E-state index contributed by atoms with van der Waals surface area (Å²) in [6.07, 6.45) is 0. The van der Waals surface area contributed by atoms with Crippen LogP contribution in [0.5, 0.6) is 0 Å². The molecule has 0 heterocycles. The molecule has 0 spiro atoms. The molecule has 1 rings (SSSR count). The number of carbonyl (C=O) groups excluding carboxylic acids is 2. The molecule has 0 radical (unpaired) electrons. The van der Waals surface area contributed by atoms with Crippen molar-refractivity contribution in [3.8, 4) is 0 Å². The highest BCUT2D eigenvalue weighted by Gasteiger charge is 2.21. The van der Waals surface area contributed by atoms with E-state index in [2.05, 4.69) is 4.74 Å². The number of amides is 1. The minimum absolute atomic E-state index is 0.378. The summed E-state index contributed by atoms with van der Waals surface area (Å²) in [6, 6.07) is 8.28. The van der Waals surface area contributed by atoms with Crippen molar-refractivity contribution in [2.24, 2.45) is 0 Å². The van der Waals surface area contributed by atoms with Gasteiger partial charge in [-0.2, -0.15) is 0 Å². The third-order valence-corrected chi connectivity index (χ3v) is 3.03. The highest BCUT2D eigenvalue weighted by molar-refractivity contribution is 7.89. The normalized spacial score (nSPS) is 10.6. The summed E-state index contributed by atoms with van der Waals surface area (Å²) in [5.41, 5.74) is 0.512. The van der Waals surface area contributed by atoms with Gasteiger partial charge in [0, 0.05) is 0 Å². The van der Waals surface area contributed by atoms with Crippen LogP contribution >= 0.6 is 0 Å². The molecule has 0 saturated heterocycles. The molecule has 0 bridgehead atoms. The largest absolute Gasteiger partial charge is 0.462 e. The predicted molar refractivity (Wildman–Crippen MR) is 59.2 cm³/mol. The average molecular weight is 257 g/mol. The predicted octanol–water partition coefficient (Wildman–Crippen LogP) is -0.194. The van der Waals surface area contributed by atoms with Crippen LogP contribution in [0.1, 0.15) is 5.56 Å². The molecule has 0 fully saturated rings. The smallest absolute Gasteiger partial charge is 0.397 e. The monoisotopic (exact) mass is 257 g/mol. The second-order valence-electron chi connectivity index (χ2n) is 3.17. The number of benzene rings is 1. The molecule has 0 aliphatic rings. The minimum atomic E-state index is -3.89. The second kappa shape index (κ2) is 5.44. The first-order valence-corrected chi connectivity index (χ1v) is 6.26.